The number of imidazole rings is 1. The van der Waals surface area contributed by atoms with Crippen molar-refractivity contribution in [3.05, 3.63) is 87.7 Å². The van der Waals surface area contributed by atoms with E-state index < -0.39 is 46.6 Å². The lowest BCUT2D eigenvalue weighted by Crippen LogP contribution is -2.57. The first-order chi connectivity index (χ1) is 29.4. The van der Waals surface area contributed by atoms with Gasteiger partial charge in [-0.1, -0.05) is 6.07 Å². The second-order valence-electron chi connectivity index (χ2n) is 17.2. The molecular weight excluding hydrogens is 794 g/mol. The Balaban J connectivity index is 0.765. The predicted molar refractivity (Wildman–Crippen MR) is 220 cm³/mol. The number of halogens is 3. The molecule has 1 spiro atoms. The summed E-state index contributed by atoms with van der Waals surface area (Å²) in [5.41, 5.74) is 3.34. The van der Waals surface area contributed by atoms with E-state index in [4.69, 9.17) is 9.84 Å². The Morgan fingerprint density at radius 3 is 2.52 bits per heavy atom. The molecule has 0 bridgehead atoms. The van der Waals surface area contributed by atoms with Gasteiger partial charge in [0.05, 0.1) is 40.4 Å². The van der Waals surface area contributed by atoms with E-state index in [0.717, 1.165) is 105 Å². The molecule has 3 amide bonds. The standard InChI is InChI=1S/C44H49F3N8O6/c1-51-36-20-26(4-9-34(36)55(43(51)60)35-10-11-37(56)49-42(35)59)12-15-52-18-19-61-44(25-52)13-16-53(17-14-44)30-8-5-28-24-54(50-33(28)21-30)29-6-2-27(3-7-29)23-48-41(58)31-22-32(45)40(57)39(47)38(31)46/h4-5,8-9,20-22,24,27,29,35,57H,2-3,6-7,10-19,23,25H2,1H3,(H,48,58)(H,49,56,59). The van der Waals surface area contributed by atoms with E-state index >= 15 is 0 Å². The number of ether oxygens (including phenoxy) is 1. The first-order valence-electron chi connectivity index (χ1n) is 21.1. The molecule has 1 aliphatic carbocycles. The molecule has 1 unspecified atom stereocenters. The molecule has 4 aliphatic rings. The third kappa shape index (κ3) is 7.89. The van der Waals surface area contributed by atoms with Gasteiger partial charge in [-0.15, -0.1) is 0 Å². The van der Waals surface area contributed by atoms with Gasteiger partial charge in [0, 0.05) is 70.0 Å². The minimum atomic E-state index is -1.78. The van der Waals surface area contributed by atoms with Gasteiger partial charge in [-0.25, -0.2) is 13.6 Å². The van der Waals surface area contributed by atoms with Crippen LogP contribution in [0.4, 0.5) is 18.9 Å². The van der Waals surface area contributed by atoms with Crippen molar-refractivity contribution >= 4 is 45.3 Å². The summed E-state index contributed by atoms with van der Waals surface area (Å²) in [6.45, 7) is 5.19. The van der Waals surface area contributed by atoms with E-state index in [1.807, 2.05) is 22.9 Å². The number of imide groups is 1. The highest BCUT2D eigenvalue weighted by atomic mass is 19.2. The second-order valence-corrected chi connectivity index (χ2v) is 17.2. The molecule has 61 heavy (non-hydrogen) atoms. The molecule has 3 saturated heterocycles. The predicted octanol–water partition coefficient (Wildman–Crippen LogP) is 4.87. The lowest BCUT2D eigenvalue weighted by atomic mass is 9.86. The number of aryl methyl sites for hydroxylation is 1. The van der Waals surface area contributed by atoms with Gasteiger partial charge in [0.2, 0.25) is 17.6 Å². The van der Waals surface area contributed by atoms with Crippen LogP contribution in [0.1, 0.15) is 79.4 Å². The number of nitrogens with one attached hydrogen (secondary N) is 2. The molecule has 17 heteroatoms. The number of anilines is 1. The fourth-order valence-corrected chi connectivity index (χ4v) is 9.77. The number of aromatic nitrogens is 4. The van der Waals surface area contributed by atoms with E-state index in [2.05, 4.69) is 44.8 Å². The minimum Gasteiger partial charge on any atom is -0.503 e. The Morgan fingerprint density at radius 1 is 0.967 bits per heavy atom. The molecule has 1 atom stereocenters. The second kappa shape index (κ2) is 16.3. The maximum Gasteiger partial charge on any atom is 0.329 e. The van der Waals surface area contributed by atoms with Gasteiger partial charge in [0.25, 0.3) is 5.91 Å². The zero-order chi connectivity index (χ0) is 42.6. The number of morpholine rings is 1. The molecule has 5 heterocycles. The Kier molecular flexibility index (Phi) is 10.9. The third-order valence-corrected chi connectivity index (χ3v) is 13.4. The highest BCUT2D eigenvalue weighted by molar-refractivity contribution is 6.00. The van der Waals surface area contributed by atoms with Crippen LogP contribution in [0.3, 0.4) is 0 Å². The van der Waals surface area contributed by atoms with Crippen molar-refractivity contribution in [3.8, 4) is 5.75 Å². The molecule has 1 saturated carbocycles. The lowest BCUT2D eigenvalue weighted by molar-refractivity contribution is -0.135. The van der Waals surface area contributed by atoms with E-state index in [9.17, 15) is 37.5 Å². The Labute approximate surface area is 349 Å². The number of piperidine rings is 2. The highest BCUT2D eigenvalue weighted by Gasteiger charge is 2.40. The van der Waals surface area contributed by atoms with Gasteiger partial charge in [-0.2, -0.15) is 9.49 Å². The van der Waals surface area contributed by atoms with Gasteiger partial charge in [-0.05, 0) is 99.2 Å². The van der Waals surface area contributed by atoms with E-state index in [-0.39, 0.29) is 42.1 Å². The lowest BCUT2D eigenvalue weighted by Gasteiger charge is -2.48. The van der Waals surface area contributed by atoms with Crippen LogP contribution in [0.25, 0.3) is 21.9 Å². The maximum atomic E-state index is 14.2. The number of fused-ring (bicyclic) bond motifs is 2. The Morgan fingerprint density at radius 2 is 1.75 bits per heavy atom. The van der Waals surface area contributed by atoms with Crippen molar-refractivity contribution in [2.24, 2.45) is 13.0 Å². The van der Waals surface area contributed by atoms with Crippen molar-refractivity contribution < 1.29 is 37.4 Å². The summed E-state index contributed by atoms with van der Waals surface area (Å²) in [5.74, 6) is -7.76. The summed E-state index contributed by atoms with van der Waals surface area (Å²) in [5, 5.41) is 20.2. The largest absolute Gasteiger partial charge is 0.503 e. The SMILES string of the molecule is Cn1c(=O)n(C2CCC(=O)NC2=O)c2ccc(CCN3CCOC4(CCN(c5ccc6cn(C7CCC(CNC(=O)c8cc(F)c(O)c(F)c8F)CC7)nc6c5)CC4)C3)cc21. The molecule has 14 nitrogen and oxygen atoms in total. The van der Waals surface area contributed by atoms with Crippen molar-refractivity contribution in [2.75, 3.05) is 50.8 Å². The molecule has 3 aromatic carbocycles. The summed E-state index contributed by atoms with van der Waals surface area (Å²) >= 11 is 0. The summed E-state index contributed by atoms with van der Waals surface area (Å²) in [7, 11) is 1.72. The Hall–Kier alpha value is -5.68. The van der Waals surface area contributed by atoms with Gasteiger partial charge in [0.1, 0.15) is 6.04 Å². The van der Waals surface area contributed by atoms with Crippen LogP contribution in [0.2, 0.25) is 0 Å². The van der Waals surface area contributed by atoms with Crippen LogP contribution >= 0.6 is 0 Å². The summed E-state index contributed by atoms with van der Waals surface area (Å²) in [4.78, 5) is 54.9. The molecule has 0 radical (unpaired) electrons. The van der Waals surface area contributed by atoms with Crippen LogP contribution in [-0.4, -0.2) is 98.1 Å². The summed E-state index contributed by atoms with van der Waals surface area (Å²) in [6.07, 6.45) is 8.45. The minimum absolute atomic E-state index is 0.121. The smallest absolute Gasteiger partial charge is 0.329 e. The van der Waals surface area contributed by atoms with E-state index in [1.165, 1.54) is 4.57 Å². The fraction of sp³-hybridized carbons (Fsp3) is 0.477. The quantitative estimate of drug-likeness (QED) is 0.139. The monoisotopic (exact) mass is 842 g/mol. The molecule has 5 aromatic rings. The van der Waals surface area contributed by atoms with Crippen LogP contribution in [0, 0.1) is 23.4 Å². The van der Waals surface area contributed by atoms with Gasteiger partial charge < -0.3 is 20.1 Å². The topological polar surface area (TPSA) is 156 Å². The normalized spacial score (nSPS) is 22.3. The van der Waals surface area contributed by atoms with Crippen LogP contribution < -0.4 is 21.2 Å². The van der Waals surface area contributed by atoms with Gasteiger partial charge >= 0.3 is 5.69 Å². The zero-order valence-corrected chi connectivity index (χ0v) is 34.0. The van der Waals surface area contributed by atoms with Crippen molar-refractivity contribution in [3.63, 3.8) is 0 Å². The number of nitrogens with zero attached hydrogens (tertiary/aromatic N) is 6. The number of benzene rings is 3. The number of carbonyl (C=O) groups is 3. The highest BCUT2D eigenvalue weighted by Crippen LogP contribution is 2.36. The fourth-order valence-electron chi connectivity index (χ4n) is 9.77. The molecule has 9 rings (SSSR count). The van der Waals surface area contributed by atoms with Crippen LogP contribution in [-0.2, 0) is 27.8 Å². The number of hydrogen-bond acceptors (Lipinski definition) is 9. The van der Waals surface area contributed by atoms with Crippen molar-refractivity contribution in [2.45, 2.75) is 75.5 Å². The number of aromatic hydroxyl groups is 1. The first kappa shape index (κ1) is 40.7. The zero-order valence-electron chi connectivity index (χ0n) is 34.0. The van der Waals surface area contributed by atoms with Crippen molar-refractivity contribution in [1.82, 2.24) is 34.4 Å². The molecule has 4 fully saturated rings. The summed E-state index contributed by atoms with van der Waals surface area (Å²) < 4.78 is 53.3. The molecule has 3 N–H and O–H groups in total. The molecule has 2 aromatic heterocycles. The average molecular weight is 843 g/mol. The Bertz CT molecular complexity index is 2590. The number of amides is 3. The van der Waals surface area contributed by atoms with Crippen LogP contribution in [0.15, 0.2) is 53.5 Å². The van der Waals surface area contributed by atoms with Gasteiger partial charge in [0.15, 0.2) is 17.4 Å². The molecular formula is C44H49F3N8O6. The summed E-state index contributed by atoms with van der Waals surface area (Å²) in [6, 6.07) is 12.4. The third-order valence-electron chi connectivity index (χ3n) is 13.4. The van der Waals surface area contributed by atoms with Crippen LogP contribution in [0.5, 0.6) is 5.75 Å². The number of hydrogen-bond donors (Lipinski definition) is 3. The van der Waals surface area contributed by atoms with Gasteiger partial charge in [-0.3, -0.25) is 38.4 Å². The first-order valence-corrected chi connectivity index (χ1v) is 21.1. The molecule has 3 aliphatic heterocycles. The number of phenolic OH excluding ortho intramolecular Hbond substituents is 1. The van der Waals surface area contributed by atoms with E-state index in [1.54, 1.807) is 11.6 Å². The van der Waals surface area contributed by atoms with E-state index in [0.29, 0.717) is 24.6 Å². The number of rotatable bonds is 9. The average Bonchev–Trinajstić information content (AvgIpc) is 3.80. The number of carbonyl (C=O) groups excluding carboxylic acids is 3. The maximum absolute atomic E-state index is 14.2. The number of phenols is 1. The molecule has 322 valence electrons. The van der Waals surface area contributed by atoms with Crippen molar-refractivity contribution in [1.29, 1.82) is 0 Å².